The number of rotatable bonds is 6. The summed E-state index contributed by atoms with van der Waals surface area (Å²) in [4.78, 5) is 0. The maximum absolute atomic E-state index is 4.45. The van der Waals surface area contributed by atoms with Crippen LogP contribution in [0.3, 0.4) is 0 Å². The van der Waals surface area contributed by atoms with Gasteiger partial charge in [-0.05, 0) is 56.0 Å². The highest BCUT2D eigenvalue weighted by molar-refractivity contribution is 5.16. The summed E-state index contributed by atoms with van der Waals surface area (Å²) in [5.74, 6) is 1.63. The van der Waals surface area contributed by atoms with Crippen molar-refractivity contribution in [1.82, 2.24) is 15.1 Å². The largest absolute Gasteiger partial charge is 0.314 e. The van der Waals surface area contributed by atoms with Crippen LogP contribution < -0.4 is 5.32 Å². The first-order valence-corrected chi connectivity index (χ1v) is 7.12. The number of hydrogen-bond donors (Lipinski definition) is 1. The summed E-state index contributed by atoms with van der Waals surface area (Å²) < 4.78 is 2.10. The van der Waals surface area contributed by atoms with Crippen LogP contribution in [0.5, 0.6) is 0 Å². The minimum atomic E-state index is 0.770. The molecule has 0 aliphatic heterocycles. The Hall–Kier alpha value is -0.830. The quantitative estimate of drug-likeness (QED) is 0.818. The van der Waals surface area contributed by atoms with Crippen molar-refractivity contribution in [3.8, 4) is 0 Å². The maximum Gasteiger partial charge on any atom is 0.0524 e. The summed E-state index contributed by atoms with van der Waals surface area (Å²) in [7, 11) is 0. The normalized spacial score (nSPS) is 28.1. The fourth-order valence-electron chi connectivity index (χ4n) is 2.78. The van der Waals surface area contributed by atoms with Crippen LogP contribution in [0.1, 0.15) is 50.5 Å². The second kappa shape index (κ2) is 4.81. The molecule has 2 saturated carbocycles. The number of hydrogen-bond acceptors (Lipinski definition) is 2. The lowest BCUT2D eigenvalue weighted by atomic mass is 9.71. The molecule has 0 bridgehead atoms. The SMILES string of the molecule is CCCn1cc(C2CCC2CNC2CC2)cn1. The van der Waals surface area contributed by atoms with E-state index in [1.165, 1.54) is 44.2 Å². The Bertz CT molecular complexity index is 367. The van der Waals surface area contributed by atoms with Gasteiger partial charge in [-0.1, -0.05) is 6.92 Å². The van der Waals surface area contributed by atoms with Gasteiger partial charge < -0.3 is 5.32 Å². The van der Waals surface area contributed by atoms with Gasteiger partial charge >= 0.3 is 0 Å². The molecule has 3 heteroatoms. The molecule has 2 aliphatic carbocycles. The van der Waals surface area contributed by atoms with Gasteiger partial charge in [-0.2, -0.15) is 5.10 Å². The van der Waals surface area contributed by atoms with Gasteiger partial charge in [-0.25, -0.2) is 0 Å². The van der Waals surface area contributed by atoms with Crippen molar-refractivity contribution in [2.45, 2.75) is 57.5 Å². The molecule has 17 heavy (non-hydrogen) atoms. The zero-order valence-corrected chi connectivity index (χ0v) is 10.7. The van der Waals surface area contributed by atoms with Gasteiger partial charge in [0, 0.05) is 18.8 Å². The Morgan fingerprint density at radius 2 is 2.24 bits per heavy atom. The van der Waals surface area contributed by atoms with Crippen molar-refractivity contribution in [3.63, 3.8) is 0 Å². The Balaban J connectivity index is 1.54. The smallest absolute Gasteiger partial charge is 0.0524 e. The van der Waals surface area contributed by atoms with Gasteiger partial charge in [0.05, 0.1) is 6.20 Å². The van der Waals surface area contributed by atoms with E-state index in [0.29, 0.717) is 0 Å². The molecule has 94 valence electrons. The Labute approximate surface area is 104 Å². The lowest BCUT2D eigenvalue weighted by Crippen LogP contribution is -2.34. The summed E-state index contributed by atoms with van der Waals surface area (Å²) in [6, 6.07) is 0.846. The third-order valence-electron chi connectivity index (χ3n) is 4.20. The summed E-state index contributed by atoms with van der Waals surface area (Å²) >= 11 is 0. The molecular weight excluding hydrogens is 210 g/mol. The van der Waals surface area contributed by atoms with E-state index in [2.05, 4.69) is 34.4 Å². The van der Waals surface area contributed by atoms with Crippen molar-refractivity contribution in [2.24, 2.45) is 5.92 Å². The summed E-state index contributed by atoms with van der Waals surface area (Å²) in [5, 5.41) is 8.11. The summed E-state index contributed by atoms with van der Waals surface area (Å²) in [6.07, 6.45) is 11.1. The molecule has 3 rings (SSSR count). The van der Waals surface area contributed by atoms with Crippen LogP contribution in [0, 0.1) is 5.92 Å². The monoisotopic (exact) mass is 233 g/mol. The molecule has 1 N–H and O–H groups in total. The number of aryl methyl sites for hydroxylation is 1. The summed E-state index contributed by atoms with van der Waals surface area (Å²) in [6.45, 7) is 4.47. The molecular formula is C14H23N3. The Kier molecular flexibility index (Phi) is 3.19. The van der Waals surface area contributed by atoms with Gasteiger partial charge in [-0.3, -0.25) is 4.68 Å². The van der Waals surface area contributed by atoms with Crippen molar-refractivity contribution < 1.29 is 0 Å². The Morgan fingerprint density at radius 3 is 2.88 bits per heavy atom. The van der Waals surface area contributed by atoms with Crippen LogP contribution in [0.15, 0.2) is 12.4 Å². The van der Waals surface area contributed by atoms with E-state index in [1.54, 1.807) is 0 Å². The first-order chi connectivity index (χ1) is 8.36. The first-order valence-electron chi connectivity index (χ1n) is 7.12. The maximum atomic E-state index is 4.45. The van der Waals surface area contributed by atoms with Gasteiger partial charge in [0.1, 0.15) is 0 Å². The van der Waals surface area contributed by atoms with Gasteiger partial charge in [0.2, 0.25) is 0 Å². The molecule has 2 atom stereocenters. The summed E-state index contributed by atoms with van der Waals surface area (Å²) in [5.41, 5.74) is 1.47. The lowest BCUT2D eigenvalue weighted by molar-refractivity contribution is 0.245. The van der Waals surface area contributed by atoms with Crippen molar-refractivity contribution >= 4 is 0 Å². The minimum Gasteiger partial charge on any atom is -0.314 e. The average Bonchev–Trinajstić information content (AvgIpc) is 2.99. The van der Waals surface area contributed by atoms with E-state index in [4.69, 9.17) is 0 Å². The van der Waals surface area contributed by atoms with E-state index < -0.39 is 0 Å². The van der Waals surface area contributed by atoms with Gasteiger partial charge in [-0.15, -0.1) is 0 Å². The van der Waals surface area contributed by atoms with Crippen LogP contribution in [0.25, 0.3) is 0 Å². The number of nitrogens with one attached hydrogen (secondary N) is 1. The van der Waals surface area contributed by atoms with Crippen LogP contribution >= 0.6 is 0 Å². The zero-order valence-electron chi connectivity index (χ0n) is 10.7. The minimum absolute atomic E-state index is 0.770. The van der Waals surface area contributed by atoms with Crippen LogP contribution in [-0.4, -0.2) is 22.4 Å². The molecule has 1 aromatic heterocycles. The highest BCUT2D eigenvalue weighted by Gasteiger charge is 2.34. The predicted octanol–water partition coefficient (Wildman–Crippen LogP) is 2.54. The van der Waals surface area contributed by atoms with E-state index >= 15 is 0 Å². The molecule has 1 heterocycles. The molecule has 3 nitrogen and oxygen atoms in total. The highest BCUT2D eigenvalue weighted by atomic mass is 15.3. The number of nitrogens with zero attached hydrogens (tertiary/aromatic N) is 2. The molecule has 2 aliphatic rings. The zero-order chi connectivity index (χ0) is 11.7. The van der Waals surface area contributed by atoms with Gasteiger partial charge in [0.15, 0.2) is 0 Å². The fraction of sp³-hybridized carbons (Fsp3) is 0.786. The standard InChI is InChI=1S/C14H23N3/c1-2-7-17-10-12(9-16-17)14-6-3-11(14)8-15-13-4-5-13/h9-11,13-15H,2-8H2,1H3. The van der Waals surface area contributed by atoms with Crippen molar-refractivity contribution in [3.05, 3.63) is 18.0 Å². The van der Waals surface area contributed by atoms with Crippen LogP contribution in [-0.2, 0) is 6.54 Å². The molecule has 0 amide bonds. The van der Waals surface area contributed by atoms with E-state index in [9.17, 15) is 0 Å². The van der Waals surface area contributed by atoms with Crippen LogP contribution in [0.4, 0.5) is 0 Å². The molecule has 1 aromatic rings. The Morgan fingerprint density at radius 1 is 1.35 bits per heavy atom. The second-order valence-corrected chi connectivity index (χ2v) is 5.66. The fourth-order valence-corrected chi connectivity index (χ4v) is 2.78. The molecule has 2 fully saturated rings. The van der Waals surface area contributed by atoms with Crippen molar-refractivity contribution in [2.75, 3.05) is 6.54 Å². The average molecular weight is 233 g/mol. The third kappa shape index (κ3) is 2.54. The number of aromatic nitrogens is 2. The van der Waals surface area contributed by atoms with E-state index in [1.807, 2.05) is 0 Å². The third-order valence-corrected chi connectivity index (χ3v) is 4.20. The molecule has 0 saturated heterocycles. The first kappa shape index (κ1) is 11.3. The highest BCUT2D eigenvalue weighted by Crippen LogP contribution is 2.42. The molecule has 0 aromatic carbocycles. The molecule has 0 radical (unpaired) electrons. The topological polar surface area (TPSA) is 29.9 Å². The van der Waals surface area contributed by atoms with E-state index in [0.717, 1.165) is 24.4 Å². The van der Waals surface area contributed by atoms with Crippen molar-refractivity contribution in [1.29, 1.82) is 0 Å². The second-order valence-electron chi connectivity index (χ2n) is 5.66. The predicted molar refractivity (Wildman–Crippen MR) is 69.0 cm³/mol. The molecule has 2 unspecified atom stereocenters. The van der Waals surface area contributed by atoms with Crippen LogP contribution in [0.2, 0.25) is 0 Å². The van der Waals surface area contributed by atoms with Gasteiger partial charge in [0.25, 0.3) is 0 Å². The van der Waals surface area contributed by atoms with E-state index in [-0.39, 0.29) is 0 Å². The lowest BCUT2D eigenvalue weighted by Gasteiger charge is -2.36. The molecule has 0 spiro atoms.